The van der Waals surface area contributed by atoms with E-state index in [1.807, 2.05) is 85.4 Å². The topological polar surface area (TPSA) is 140 Å². The van der Waals surface area contributed by atoms with Gasteiger partial charge in [0.25, 0.3) is 0 Å². The SMILES string of the molecule is COC(=O)N[C@H](C(=O)N1CCC[C@H]1c1ncc(C23CCC(c4ccc(-c5cnc([C@@H]6CCCN6C(=O)[C@@H](c6ccccc6)N(C)C)[nH]5)cc4)(CC2)CC3)[nH]1)C(C)C. The first-order valence-electron chi connectivity index (χ1n) is 20.9. The Bertz CT molecular complexity index is 2030. The third-order valence-electron chi connectivity index (χ3n) is 13.8. The van der Waals surface area contributed by atoms with Crippen LogP contribution in [0, 0.1) is 5.92 Å². The highest BCUT2D eigenvalue weighted by atomic mass is 16.5. The lowest BCUT2D eigenvalue weighted by Gasteiger charge is -2.53. The van der Waals surface area contributed by atoms with Gasteiger partial charge in [-0.2, -0.15) is 0 Å². The van der Waals surface area contributed by atoms with Gasteiger partial charge in [0, 0.05) is 30.4 Å². The van der Waals surface area contributed by atoms with E-state index in [4.69, 9.17) is 14.7 Å². The van der Waals surface area contributed by atoms with E-state index in [1.54, 1.807) is 0 Å². The van der Waals surface area contributed by atoms with Crippen LogP contribution in [0.4, 0.5) is 4.79 Å². The number of amides is 3. The number of imidazole rings is 2. The van der Waals surface area contributed by atoms with Gasteiger partial charge < -0.3 is 29.8 Å². The van der Waals surface area contributed by atoms with Crippen LogP contribution in [0.3, 0.4) is 0 Å². The summed E-state index contributed by atoms with van der Waals surface area (Å²) in [5.41, 5.74) is 5.93. The molecule has 0 spiro atoms. The van der Waals surface area contributed by atoms with Crippen LogP contribution in [0.25, 0.3) is 11.3 Å². The van der Waals surface area contributed by atoms with Crippen LogP contribution in [0.1, 0.15) is 125 Å². The second kappa shape index (κ2) is 15.8. The van der Waals surface area contributed by atoms with Crippen molar-refractivity contribution in [3.05, 3.63) is 95.5 Å². The van der Waals surface area contributed by atoms with Crippen molar-refractivity contribution in [2.45, 2.75) is 113 Å². The molecule has 57 heavy (non-hydrogen) atoms. The van der Waals surface area contributed by atoms with Gasteiger partial charge in [-0.05, 0) is 106 Å². The Labute approximate surface area is 336 Å². The molecule has 12 nitrogen and oxygen atoms in total. The van der Waals surface area contributed by atoms with Crippen molar-refractivity contribution in [1.29, 1.82) is 0 Å². The molecule has 3 saturated carbocycles. The standard InChI is InChI=1S/C45H58N8O4/c1-29(2)37(50-43(56)57-5)41(54)52-25-9-14-35(52)40-47-28-36(49-40)45-22-19-44(20-23-45,21-24-45)32-17-15-30(16-18-32)33-27-46-39(48-33)34-13-10-26-53(34)42(55)38(51(3)4)31-11-7-6-8-12-31/h6-8,11-12,15-18,27-29,34-35,37-38H,9-10,13-14,19-26H2,1-5H3,(H,46,48)(H,47,49)(H,50,56)/t34-,35-,37-,38+,44?,45?/m0/s1. The number of aromatic amines is 2. The van der Waals surface area contributed by atoms with Crippen molar-refractivity contribution in [2.24, 2.45) is 5.92 Å². The van der Waals surface area contributed by atoms with Crippen LogP contribution in [0.2, 0.25) is 0 Å². The van der Waals surface area contributed by atoms with Gasteiger partial charge in [-0.3, -0.25) is 14.5 Å². The third kappa shape index (κ3) is 7.26. The number of aromatic nitrogens is 4. The summed E-state index contributed by atoms with van der Waals surface area (Å²) in [7, 11) is 5.25. The molecule has 2 saturated heterocycles. The zero-order valence-electron chi connectivity index (χ0n) is 34.1. The second-order valence-corrected chi connectivity index (χ2v) is 17.5. The van der Waals surface area contributed by atoms with Crippen molar-refractivity contribution < 1.29 is 19.1 Å². The Kier molecular flexibility index (Phi) is 10.7. The van der Waals surface area contributed by atoms with Gasteiger partial charge in [0.15, 0.2) is 0 Å². The number of hydrogen-bond donors (Lipinski definition) is 3. The zero-order valence-corrected chi connectivity index (χ0v) is 34.1. The monoisotopic (exact) mass is 774 g/mol. The van der Waals surface area contributed by atoms with Crippen LogP contribution < -0.4 is 5.32 Å². The maximum absolute atomic E-state index is 14.0. The molecule has 0 radical (unpaired) electrons. The van der Waals surface area contributed by atoms with Crippen LogP contribution >= 0.6 is 0 Å². The number of likely N-dealkylation sites (N-methyl/N-ethyl adjacent to an activating group) is 1. The fourth-order valence-corrected chi connectivity index (χ4v) is 10.4. The number of H-pyrrole nitrogens is 2. The molecular formula is C45H58N8O4. The molecule has 2 aromatic carbocycles. The minimum Gasteiger partial charge on any atom is -0.453 e. The van der Waals surface area contributed by atoms with E-state index in [-0.39, 0.29) is 46.7 Å². The third-order valence-corrected chi connectivity index (χ3v) is 13.8. The van der Waals surface area contributed by atoms with Crippen molar-refractivity contribution in [2.75, 3.05) is 34.3 Å². The lowest BCUT2D eigenvalue weighted by molar-refractivity contribution is -0.137. The molecule has 9 rings (SSSR count). The summed E-state index contributed by atoms with van der Waals surface area (Å²) in [5.74, 6) is 1.66. The maximum atomic E-state index is 14.0. The van der Waals surface area contributed by atoms with Gasteiger partial charge in [0.1, 0.15) is 23.7 Å². The normalized spacial score (nSPS) is 25.6. The van der Waals surface area contributed by atoms with E-state index >= 15 is 0 Å². The quantitative estimate of drug-likeness (QED) is 0.145. The fourth-order valence-electron chi connectivity index (χ4n) is 10.4. The molecule has 2 aromatic heterocycles. The van der Waals surface area contributed by atoms with Crippen LogP contribution in [-0.2, 0) is 25.2 Å². The predicted molar refractivity (Wildman–Crippen MR) is 218 cm³/mol. The smallest absolute Gasteiger partial charge is 0.407 e. The number of alkyl carbamates (subject to hydrolysis) is 1. The van der Waals surface area contributed by atoms with Crippen LogP contribution in [-0.4, -0.2) is 92.9 Å². The minimum absolute atomic E-state index is 0.0709. The van der Waals surface area contributed by atoms with Gasteiger partial charge >= 0.3 is 6.09 Å². The van der Waals surface area contributed by atoms with Gasteiger partial charge in [-0.25, -0.2) is 14.8 Å². The lowest BCUT2D eigenvalue weighted by atomic mass is 9.51. The average molecular weight is 775 g/mol. The summed E-state index contributed by atoms with van der Waals surface area (Å²) < 4.78 is 4.80. The van der Waals surface area contributed by atoms with Crippen molar-refractivity contribution in [3.63, 3.8) is 0 Å². The Hall–Kier alpha value is -4.97. The highest BCUT2D eigenvalue weighted by molar-refractivity contribution is 5.86. The van der Waals surface area contributed by atoms with Crippen molar-refractivity contribution >= 4 is 17.9 Å². The predicted octanol–water partition coefficient (Wildman–Crippen LogP) is 7.35. The molecule has 0 unspecified atom stereocenters. The summed E-state index contributed by atoms with van der Waals surface area (Å²) in [4.78, 5) is 62.6. The van der Waals surface area contributed by atoms with Crippen LogP contribution in [0.15, 0.2) is 67.0 Å². The molecule has 5 fully saturated rings. The first-order valence-corrected chi connectivity index (χ1v) is 20.9. The number of benzene rings is 2. The Morgan fingerprint density at radius 1 is 0.789 bits per heavy atom. The summed E-state index contributed by atoms with van der Waals surface area (Å²) in [5, 5.41) is 2.75. The molecule has 3 aliphatic carbocycles. The van der Waals surface area contributed by atoms with Gasteiger partial charge in [-0.1, -0.05) is 68.4 Å². The second-order valence-electron chi connectivity index (χ2n) is 17.5. The average Bonchev–Trinajstić information content (AvgIpc) is 4.07. The maximum Gasteiger partial charge on any atom is 0.407 e. The molecule has 2 bridgehead atoms. The Morgan fingerprint density at radius 3 is 1.96 bits per heavy atom. The number of ether oxygens (including phenoxy) is 1. The number of rotatable bonds is 11. The molecule has 302 valence electrons. The molecule has 3 N–H and O–H groups in total. The van der Waals surface area contributed by atoms with Crippen molar-refractivity contribution in [1.82, 2.24) is 40.0 Å². The number of fused-ring (bicyclic) bond motifs is 3. The van der Waals surface area contributed by atoms with E-state index in [9.17, 15) is 14.4 Å². The Balaban J connectivity index is 0.917. The largest absolute Gasteiger partial charge is 0.453 e. The van der Waals surface area contributed by atoms with Gasteiger partial charge in [0.2, 0.25) is 11.8 Å². The Morgan fingerprint density at radius 2 is 1.37 bits per heavy atom. The number of likely N-dealkylation sites (tertiary alicyclic amines) is 2. The highest BCUT2D eigenvalue weighted by Gasteiger charge is 2.51. The van der Waals surface area contributed by atoms with E-state index in [2.05, 4.69) is 39.6 Å². The summed E-state index contributed by atoms with van der Waals surface area (Å²) >= 11 is 0. The molecule has 4 aromatic rings. The summed E-state index contributed by atoms with van der Waals surface area (Å²) in [6, 6.07) is 17.9. The lowest BCUT2D eigenvalue weighted by Crippen LogP contribution is -2.51. The van der Waals surface area contributed by atoms with E-state index < -0.39 is 12.1 Å². The first-order chi connectivity index (χ1) is 27.5. The fraction of sp³-hybridized carbons (Fsp3) is 0.533. The number of nitrogens with one attached hydrogen (secondary N) is 3. The molecule has 4 heterocycles. The van der Waals surface area contributed by atoms with Gasteiger partial charge in [-0.15, -0.1) is 0 Å². The molecule has 5 aliphatic rings. The van der Waals surface area contributed by atoms with Crippen molar-refractivity contribution in [3.8, 4) is 11.3 Å². The molecule has 4 atom stereocenters. The zero-order chi connectivity index (χ0) is 39.9. The molecule has 12 heteroatoms. The van der Waals surface area contributed by atoms with E-state index in [1.165, 1.54) is 18.4 Å². The molecular weight excluding hydrogens is 717 g/mol. The van der Waals surface area contributed by atoms with E-state index in [0.717, 1.165) is 99.2 Å². The van der Waals surface area contributed by atoms with Crippen LogP contribution in [0.5, 0.6) is 0 Å². The minimum atomic E-state index is -0.649. The number of carbonyl (C=O) groups is 3. The number of hydrogen-bond acceptors (Lipinski definition) is 7. The van der Waals surface area contributed by atoms with E-state index in [0.29, 0.717) is 6.54 Å². The van der Waals surface area contributed by atoms with Gasteiger partial charge in [0.05, 0.1) is 31.1 Å². The number of methoxy groups -OCH3 is 1. The summed E-state index contributed by atoms with van der Waals surface area (Å²) in [6.07, 6.45) is 13.6. The number of carbonyl (C=O) groups excluding carboxylic acids is 3. The molecule has 3 amide bonds. The first kappa shape index (κ1) is 38.9. The highest BCUT2D eigenvalue weighted by Crippen LogP contribution is 2.58. The molecule has 2 aliphatic heterocycles. The number of nitrogens with zero attached hydrogens (tertiary/aromatic N) is 5. The summed E-state index contributed by atoms with van der Waals surface area (Å²) in [6.45, 7) is 5.25.